The summed E-state index contributed by atoms with van der Waals surface area (Å²) in [6.45, 7) is 3.96. The Bertz CT molecular complexity index is 1010. The third-order valence-electron chi connectivity index (χ3n) is 4.92. The van der Waals surface area contributed by atoms with E-state index in [1.165, 1.54) is 7.11 Å². The van der Waals surface area contributed by atoms with Gasteiger partial charge in [-0.3, -0.25) is 14.6 Å². The summed E-state index contributed by atoms with van der Waals surface area (Å²) in [5.41, 5.74) is 5.24. The molecule has 168 valence electrons. The quantitative estimate of drug-likeness (QED) is 0.195. The smallest absolute Gasteiger partial charge is 0.212 e. The molecule has 0 saturated carbocycles. The number of aliphatic imine (C=N–C) groups is 1. The molecule has 32 heavy (non-hydrogen) atoms. The summed E-state index contributed by atoms with van der Waals surface area (Å²) in [5, 5.41) is 9.76. The summed E-state index contributed by atoms with van der Waals surface area (Å²) in [4.78, 5) is 31.8. The van der Waals surface area contributed by atoms with Crippen LogP contribution in [-0.4, -0.2) is 38.5 Å². The first-order valence-electron chi connectivity index (χ1n) is 10.5. The Balaban J connectivity index is 2.36. The number of aldehydes is 1. The van der Waals surface area contributed by atoms with Gasteiger partial charge in [-0.05, 0) is 30.0 Å². The largest absolute Gasteiger partial charge is 0.397 e. The Morgan fingerprint density at radius 3 is 2.41 bits per heavy atom. The second kappa shape index (κ2) is 12.8. The zero-order valence-corrected chi connectivity index (χ0v) is 19.0. The van der Waals surface area contributed by atoms with Crippen LogP contribution in [0.25, 0.3) is 11.1 Å². The van der Waals surface area contributed by atoms with Gasteiger partial charge in [0.2, 0.25) is 6.41 Å². The fourth-order valence-electron chi connectivity index (χ4n) is 3.31. The van der Waals surface area contributed by atoms with Crippen molar-refractivity contribution in [3.05, 3.63) is 70.9 Å². The maximum absolute atomic E-state index is 11.8. The molecule has 0 aliphatic carbocycles. The van der Waals surface area contributed by atoms with Crippen LogP contribution in [0, 0.1) is 0 Å². The average molecular weight is 435 g/mol. The summed E-state index contributed by atoms with van der Waals surface area (Å²) in [6.07, 6.45) is 3.71. The average Bonchev–Trinajstić information content (AvgIpc) is 2.82. The fourth-order valence-corrected chi connectivity index (χ4v) is 3.31. The van der Waals surface area contributed by atoms with Gasteiger partial charge in [0.25, 0.3) is 0 Å². The Morgan fingerprint density at radius 2 is 1.81 bits per heavy atom. The minimum atomic E-state index is 0.330. The van der Waals surface area contributed by atoms with Crippen LogP contribution in [-0.2, 0) is 20.8 Å². The second-order valence-electron chi connectivity index (χ2n) is 7.11. The van der Waals surface area contributed by atoms with E-state index >= 15 is 0 Å². The number of hydrogen-bond donors (Lipinski definition) is 2. The van der Waals surface area contributed by atoms with Gasteiger partial charge >= 0.3 is 0 Å². The van der Waals surface area contributed by atoms with Gasteiger partial charge in [-0.2, -0.15) is 0 Å². The molecule has 2 aromatic carbocycles. The molecule has 0 unspecified atom stereocenters. The highest BCUT2D eigenvalue weighted by Crippen LogP contribution is 2.25. The summed E-state index contributed by atoms with van der Waals surface area (Å²) >= 11 is 0. The molecule has 2 N–H and O–H groups in total. The van der Waals surface area contributed by atoms with Gasteiger partial charge < -0.3 is 15.5 Å². The molecule has 0 aliphatic rings. The molecule has 0 saturated heterocycles. The van der Waals surface area contributed by atoms with Crippen LogP contribution in [0.3, 0.4) is 0 Å². The van der Waals surface area contributed by atoms with Crippen molar-refractivity contribution in [1.82, 2.24) is 10.6 Å². The topological polar surface area (TPSA) is 92.2 Å². The van der Waals surface area contributed by atoms with Gasteiger partial charge in [0.15, 0.2) is 5.84 Å². The molecule has 2 aromatic rings. The fraction of sp³-hybridized carbons (Fsp3) is 0.280. The lowest BCUT2D eigenvalue weighted by Gasteiger charge is -2.14. The van der Waals surface area contributed by atoms with Crippen molar-refractivity contribution in [3.63, 3.8) is 0 Å². The normalized spacial score (nSPS) is 12.6. The zero-order valence-electron chi connectivity index (χ0n) is 19.0. The number of carbonyl (C=O) groups excluding carboxylic acids is 2. The maximum Gasteiger partial charge on any atom is 0.212 e. The first-order chi connectivity index (χ1) is 15.6. The van der Waals surface area contributed by atoms with Crippen LogP contribution >= 0.6 is 0 Å². The molecule has 0 spiro atoms. The lowest BCUT2D eigenvalue weighted by molar-refractivity contribution is -0.108. The van der Waals surface area contributed by atoms with E-state index in [0.717, 1.165) is 52.9 Å². The first-order valence-corrected chi connectivity index (χ1v) is 10.5. The number of nitrogens with zero attached hydrogens (tertiary/aromatic N) is 2. The standard InChI is InChI=1S/C25H30N4O3/c1-5-8-24(28-18(2)26-3)21(16-30)15-19-11-13-20(14-12-19)22-9-6-7-10-23(22)25(27-17-31)29-32-4/h6-7,9-14,16-17H,5,8,15H2,1-4H3,(H,26,28)(H,27,29,31)/b24-21-. The van der Waals surface area contributed by atoms with Crippen LogP contribution < -0.4 is 10.6 Å². The lowest BCUT2D eigenvalue weighted by Crippen LogP contribution is -2.23. The Hall–Kier alpha value is -3.74. The molecular weight excluding hydrogens is 404 g/mol. The summed E-state index contributed by atoms with van der Waals surface area (Å²) in [7, 11) is 3.15. The minimum Gasteiger partial charge on any atom is -0.397 e. The van der Waals surface area contributed by atoms with Gasteiger partial charge in [0.1, 0.15) is 13.4 Å². The predicted molar refractivity (Wildman–Crippen MR) is 128 cm³/mol. The number of carbonyl (C=O) groups is 2. The van der Waals surface area contributed by atoms with Crippen molar-refractivity contribution in [2.24, 2.45) is 10.1 Å². The van der Waals surface area contributed by atoms with E-state index in [2.05, 4.69) is 27.7 Å². The van der Waals surface area contributed by atoms with Gasteiger partial charge in [0.05, 0.1) is 5.84 Å². The van der Waals surface area contributed by atoms with Crippen LogP contribution in [0.4, 0.5) is 0 Å². The van der Waals surface area contributed by atoms with Crippen molar-refractivity contribution < 1.29 is 14.4 Å². The summed E-state index contributed by atoms with van der Waals surface area (Å²) in [5.74, 6) is 1.11. The molecule has 7 heteroatoms. The first kappa shape index (κ1) is 24.5. The highest BCUT2D eigenvalue weighted by Gasteiger charge is 2.12. The Kier molecular flexibility index (Phi) is 9.84. The van der Waals surface area contributed by atoms with E-state index < -0.39 is 0 Å². The predicted octanol–water partition coefficient (Wildman–Crippen LogP) is 3.84. The Morgan fingerprint density at radius 1 is 1.09 bits per heavy atom. The molecule has 0 radical (unpaired) electrons. The van der Waals surface area contributed by atoms with E-state index in [1.807, 2.05) is 55.5 Å². The van der Waals surface area contributed by atoms with Gasteiger partial charge in [-0.1, -0.05) is 67.0 Å². The number of nitrogens with one attached hydrogen (secondary N) is 2. The highest BCUT2D eigenvalue weighted by molar-refractivity contribution is 6.08. The van der Waals surface area contributed by atoms with E-state index in [9.17, 15) is 9.59 Å². The number of rotatable bonds is 10. The van der Waals surface area contributed by atoms with Crippen molar-refractivity contribution in [2.75, 3.05) is 14.2 Å². The third kappa shape index (κ3) is 6.63. The number of oxime groups is 1. The van der Waals surface area contributed by atoms with Crippen molar-refractivity contribution >= 4 is 24.4 Å². The zero-order chi connectivity index (χ0) is 23.3. The molecule has 0 aromatic heterocycles. The number of amides is 1. The third-order valence-corrected chi connectivity index (χ3v) is 4.92. The Labute approximate surface area is 189 Å². The van der Waals surface area contributed by atoms with Crippen molar-refractivity contribution in [3.8, 4) is 11.1 Å². The molecule has 0 atom stereocenters. The van der Waals surface area contributed by atoms with Gasteiger partial charge in [-0.15, -0.1) is 0 Å². The van der Waals surface area contributed by atoms with E-state index in [0.29, 0.717) is 24.2 Å². The summed E-state index contributed by atoms with van der Waals surface area (Å²) < 4.78 is 0. The summed E-state index contributed by atoms with van der Waals surface area (Å²) in [6, 6.07) is 15.6. The molecule has 0 bridgehead atoms. The van der Waals surface area contributed by atoms with Crippen molar-refractivity contribution in [2.45, 2.75) is 33.1 Å². The number of hydrogen-bond acceptors (Lipinski definition) is 5. The molecule has 0 aliphatic heterocycles. The number of benzene rings is 2. The second-order valence-corrected chi connectivity index (χ2v) is 7.11. The highest BCUT2D eigenvalue weighted by atomic mass is 16.6. The molecule has 2 rings (SSSR count). The van der Waals surface area contributed by atoms with Gasteiger partial charge in [-0.25, -0.2) is 0 Å². The SMILES string of the molecule is CCC/C(NC(C)=NC)=C(/C=O)Cc1ccc(-c2ccccc2/C(=N/OC)NC=O)cc1. The minimum absolute atomic E-state index is 0.330. The molecule has 1 amide bonds. The van der Waals surface area contributed by atoms with Gasteiger partial charge in [0, 0.05) is 30.3 Å². The van der Waals surface area contributed by atoms with E-state index in [4.69, 9.17) is 4.84 Å². The van der Waals surface area contributed by atoms with Crippen molar-refractivity contribution in [1.29, 1.82) is 0 Å². The van der Waals surface area contributed by atoms with Crippen LogP contribution in [0.5, 0.6) is 0 Å². The number of amidine groups is 2. The lowest BCUT2D eigenvalue weighted by atomic mass is 9.96. The number of allylic oxidation sites excluding steroid dienone is 2. The van der Waals surface area contributed by atoms with Crippen LogP contribution in [0.1, 0.15) is 37.8 Å². The van der Waals surface area contributed by atoms with Crippen LogP contribution in [0.2, 0.25) is 0 Å². The van der Waals surface area contributed by atoms with E-state index in [1.54, 1.807) is 7.05 Å². The molecular formula is C25H30N4O3. The maximum atomic E-state index is 11.8. The van der Waals surface area contributed by atoms with E-state index in [-0.39, 0.29) is 0 Å². The molecule has 7 nitrogen and oxygen atoms in total. The molecule has 0 fully saturated rings. The monoisotopic (exact) mass is 434 g/mol. The molecule has 0 heterocycles. The van der Waals surface area contributed by atoms with Crippen LogP contribution in [0.15, 0.2) is 69.9 Å².